The maximum absolute atomic E-state index is 9.69. The molecule has 0 saturated carbocycles. The van der Waals surface area contributed by atoms with Gasteiger partial charge in [0.2, 0.25) is 0 Å². The fourth-order valence-corrected chi connectivity index (χ4v) is 1.58. The summed E-state index contributed by atoms with van der Waals surface area (Å²) < 4.78 is 4.91. The van der Waals surface area contributed by atoms with Crippen LogP contribution in [0.15, 0.2) is 42.5 Å². The van der Waals surface area contributed by atoms with Crippen LogP contribution in [0.1, 0.15) is 5.56 Å². The van der Waals surface area contributed by atoms with Gasteiger partial charge >= 0.3 is 0 Å². The quantitative estimate of drug-likeness (QED) is 0.595. The van der Waals surface area contributed by atoms with Crippen LogP contribution in [0.4, 0.5) is 0 Å². The highest BCUT2D eigenvalue weighted by Crippen LogP contribution is 2.01. The molecule has 0 aliphatic carbocycles. The van der Waals surface area contributed by atoms with E-state index in [0.29, 0.717) is 13.2 Å². The van der Waals surface area contributed by atoms with Gasteiger partial charge in [0, 0.05) is 13.7 Å². The van der Waals surface area contributed by atoms with E-state index in [1.165, 1.54) is 0 Å². The van der Waals surface area contributed by atoms with E-state index in [-0.39, 0.29) is 12.6 Å². The van der Waals surface area contributed by atoms with Gasteiger partial charge in [-0.15, -0.1) is 0 Å². The monoisotopic (exact) mass is 251 g/mol. The van der Waals surface area contributed by atoms with E-state index >= 15 is 0 Å². The Hall–Kier alpha value is -1.20. The van der Waals surface area contributed by atoms with Gasteiger partial charge in [0.1, 0.15) is 0 Å². The topological polar surface area (TPSA) is 61.7 Å². The van der Waals surface area contributed by atoms with Crippen molar-refractivity contribution >= 4 is 0 Å². The van der Waals surface area contributed by atoms with Gasteiger partial charge in [0.25, 0.3) is 0 Å². The number of aliphatic hydroxyl groups excluding tert-OH is 2. The predicted octanol–water partition coefficient (Wildman–Crippen LogP) is 0.701. The molecule has 3 N–H and O–H groups in total. The first-order valence-corrected chi connectivity index (χ1v) is 5.99. The van der Waals surface area contributed by atoms with E-state index in [1.54, 1.807) is 7.11 Å². The number of ether oxygens (including phenoxy) is 1. The highest BCUT2D eigenvalue weighted by molar-refractivity contribution is 5.14. The lowest BCUT2D eigenvalue weighted by Gasteiger charge is -2.19. The Morgan fingerprint density at radius 3 is 2.67 bits per heavy atom. The Morgan fingerprint density at radius 1 is 1.33 bits per heavy atom. The van der Waals surface area contributed by atoms with Crippen LogP contribution in [0.5, 0.6) is 0 Å². The zero-order valence-electron chi connectivity index (χ0n) is 10.6. The summed E-state index contributed by atoms with van der Waals surface area (Å²) in [6, 6.07) is 9.63. The average molecular weight is 251 g/mol. The molecule has 4 nitrogen and oxygen atoms in total. The van der Waals surface area contributed by atoms with Crippen LogP contribution in [0, 0.1) is 0 Å². The third-order valence-corrected chi connectivity index (χ3v) is 2.59. The molecule has 100 valence electrons. The van der Waals surface area contributed by atoms with Crippen molar-refractivity contribution in [1.82, 2.24) is 5.32 Å². The van der Waals surface area contributed by atoms with E-state index in [4.69, 9.17) is 9.84 Å². The molecule has 0 aliphatic rings. The van der Waals surface area contributed by atoms with E-state index in [1.807, 2.05) is 42.5 Å². The van der Waals surface area contributed by atoms with Crippen molar-refractivity contribution in [3.05, 3.63) is 48.0 Å². The van der Waals surface area contributed by atoms with Gasteiger partial charge in [-0.05, 0) is 5.56 Å². The molecule has 0 spiro atoms. The van der Waals surface area contributed by atoms with Gasteiger partial charge in [-0.3, -0.25) is 0 Å². The van der Waals surface area contributed by atoms with Crippen LogP contribution in [-0.4, -0.2) is 42.7 Å². The normalized spacial score (nSPS) is 14.8. The molecule has 0 fully saturated rings. The second-order valence-electron chi connectivity index (χ2n) is 4.03. The van der Waals surface area contributed by atoms with Crippen molar-refractivity contribution in [2.75, 3.05) is 20.3 Å². The molecule has 2 atom stereocenters. The number of hydrogen-bond acceptors (Lipinski definition) is 4. The lowest BCUT2D eigenvalue weighted by Crippen LogP contribution is -2.40. The van der Waals surface area contributed by atoms with Crippen LogP contribution >= 0.6 is 0 Å². The summed E-state index contributed by atoms with van der Waals surface area (Å²) in [5, 5.41) is 21.9. The highest BCUT2D eigenvalue weighted by Gasteiger charge is 2.14. The van der Waals surface area contributed by atoms with E-state index in [9.17, 15) is 5.11 Å². The molecule has 18 heavy (non-hydrogen) atoms. The summed E-state index contributed by atoms with van der Waals surface area (Å²) >= 11 is 0. The molecule has 0 aromatic heterocycles. The summed E-state index contributed by atoms with van der Waals surface area (Å²) in [6.07, 6.45) is 2.82. The Labute approximate surface area is 108 Å². The minimum Gasteiger partial charge on any atom is -0.394 e. The van der Waals surface area contributed by atoms with Gasteiger partial charge in [-0.2, -0.15) is 0 Å². The summed E-state index contributed by atoms with van der Waals surface area (Å²) in [5.41, 5.74) is 1.13. The fourth-order valence-electron chi connectivity index (χ4n) is 1.58. The van der Waals surface area contributed by atoms with Gasteiger partial charge in [-0.1, -0.05) is 42.5 Å². The van der Waals surface area contributed by atoms with Crippen LogP contribution in [0.3, 0.4) is 0 Å². The predicted molar refractivity (Wildman–Crippen MR) is 71.2 cm³/mol. The van der Waals surface area contributed by atoms with Crippen molar-refractivity contribution < 1.29 is 14.9 Å². The molecule has 1 rings (SSSR count). The Bertz CT molecular complexity index is 340. The maximum Gasteiger partial charge on any atom is 0.0959 e. The van der Waals surface area contributed by atoms with E-state index in [0.717, 1.165) is 5.56 Å². The summed E-state index contributed by atoms with van der Waals surface area (Å²) in [6.45, 7) is 0.853. The molecule has 2 unspecified atom stereocenters. The van der Waals surface area contributed by atoms with Crippen molar-refractivity contribution in [1.29, 1.82) is 0 Å². The van der Waals surface area contributed by atoms with Crippen LogP contribution in [0.2, 0.25) is 0 Å². The minimum atomic E-state index is -0.818. The molecule has 1 aromatic rings. The summed E-state index contributed by atoms with van der Waals surface area (Å²) in [4.78, 5) is 0. The molecule has 0 bridgehead atoms. The molecule has 0 saturated heterocycles. The van der Waals surface area contributed by atoms with Crippen LogP contribution in [-0.2, 0) is 11.3 Å². The highest BCUT2D eigenvalue weighted by atomic mass is 16.5. The number of nitrogens with one attached hydrogen (secondary N) is 1. The molecule has 1 aromatic carbocycles. The van der Waals surface area contributed by atoms with Crippen LogP contribution in [0.25, 0.3) is 0 Å². The molecular weight excluding hydrogens is 230 g/mol. The smallest absolute Gasteiger partial charge is 0.0959 e. The SMILES string of the molecule is COC/C=C/C(NCc1ccccc1)C(O)CO. The van der Waals surface area contributed by atoms with Crippen molar-refractivity contribution in [2.45, 2.75) is 18.7 Å². The van der Waals surface area contributed by atoms with Crippen LogP contribution < -0.4 is 5.32 Å². The zero-order chi connectivity index (χ0) is 13.2. The van der Waals surface area contributed by atoms with Crippen molar-refractivity contribution in [2.24, 2.45) is 0 Å². The maximum atomic E-state index is 9.69. The molecular formula is C14H21NO3. The van der Waals surface area contributed by atoms with Gasteiger partial charge in [0.15, 0.2) is 0 Å². The summed E-state index contributed by atoms with van der Waals surface area (Å²) in [7, 11) is 1.61. The number of benzene rings is 1. The first-order chi connectivity index (χ1) is 8.77. The number of rotatable bonds is 8. The van der Waals surface area contributed by atoms with Gasteiger partial charge < -0.3 is 20.3 Å². The number of hydrogen-bond donors (Lipinski definition) is 3. The van der Waals surface area contributed by atoms with Crippen molar-refractivity contribution in [3.8, 4) is 0 Å². The third kappa shape index (κ3) is 5.42. The summed E-state index contributed by atoms with van der Waals surface area (Å²) in [5.74, 6) is 0. The Balaban J connectivity index is 2.50. The Morgan fingerprint density at radius 2 is 2.06 bits per heavy atom. The first kappa shape index (κ1) is 14.9. The second-order valence-corrected chi connectivity index (χ2v) is 4.03. The largest absolute Gasteiger partial charge is 0.394 e. The first-order valence-electron chi connectivity index (χ1n) is 5.99. The minimum absolute atomic E-state index is 0.274. The van der Waals surface area contributed by atoms with Gasteiger partial charge in [0.05, 0.1) is 25.4 Å². The van der Waals surface area contributed by atoms with E-state index < -0.39 is 6.10 Å². The molecule has 0 radical (unpaired) electrons. The lowest BCUT2D eigenvalue weighted by molar-refractivity contribution is 0.0750. The fraction of sp³-hybridized carbons (Fsp3) is 0.429. The number of methoxy groups -OCH3 is 1. The zero-order valence-corrected chi connectivity index (χ0v) is 10.6. The molecule has 0 aliphatic heterocycles. The second kappa shape index (κ2) is 8.83. The number of aliphatic hydroxyl groups is 2. The molecule has 4 heteroatoms. The lowest BCUT2D eigenvalue weighted by atomic mass is 10.1. The standard InChI is InChI=1S/C14H21NO3/c1-18-9-5-8-13(14(17)11-16)15-10-12-6-3-2-4-7-12/h2-8,13-17H,9-11H2,1H3/b8-5+. The molecule has 0 amide bonds. The average Bonchev–Trinajstić information content (AvgIpc) is 2.43. The molecule has 0 heterocycles. The van der Waals surface area contributed by atoms with Crippen molar-refractivity contribution in [3.63, 3.8) is 0 Å². The third-order valence-electron chi connectivity index (χ3n) is 2.59. The Kier molecular flexibility index (Phi) is 7.29. The van der Waals surface area contributed by atoms with E-state index in [2.05, 4.69) is 5.32 Å². The van der Waals surface area contributed by atoms with Gasteiger partial charge in [-0.25, -0.2) is 0 Å².